The highest BCUT2D eigenvalue weighted by Gasteiger charge is 2.25. The number of rotatable bonds is 4. The van der Waals surface area contributed by atoms with Crippen molar-refractivity contribution in [1.29, 1.82) is 0 Å². The third-order valence-electron chi connectivity index (χ3n) is 4.92. The van der Waals surface area contributed by atoms with Gasteiger partial charge in [0, 0.05) is 31.9 Å². The highest BCUT2D eigenvalue weighted by Crippen LogP contribution is 2.21. The molecule has 0 saturated carbocycles. The fourth-order valence-corrected chi connectivity index (χ4v) is 3.63. The maximum absolute atomic E-state index is 4.22. The lowest BCUT2D eigenvalue weighted by molar-refractivity contribution is 0.166. The first kappa shape index (κ1) is 17.4. The van der Waals surface area contributed by atoms with E-state index in [-0.39, 0.29) is 12.4 Å². The third kappa shape index (κ3) is 4.54. The molecule has 2 aliphatic rings. The van der Waals surface area contributed by atoms with Crippen LogP contribution in [0.3, 0.4) is 0 Å². The van der Waals surface area contributed by atoms with Gasteiger partial charge in [-0.15, -0.1) is 17.5 Å². The van der Waals surface area contributed by atoms with Crippen molar-refractivity contribution in [1.82, 2.24) is 20.4 Å². The summed E-state index contributed by atoms with van der Waals surface area (Å²) >= 11 is 0. The standard InChI is InChI=1S/C16H27N5.ClH/c1-20(13-14-4-2-8-17-12-14)15-6-10-21(11-7-15)16-5-3-9-18-19-16;/h3,5,9,14-15,17H,2,4,6-8,10-13H2,1H3;1H. The molecule has 0 aromatic carbocycles. The van der Waals surface area contributed by atoms with Gasteiger partial charge in [0.15, 0.2) is 5.82 Å². The topological polar surface area (TPSA) is 44.3 Å². The molecule has 1 atom stereocenters. The summed E-state index contributed by atoms with van der Waals surface area (Å²) in [6.45, 7) is 5.83. The van der Waals surface area contributed by atoms with Gasteiger partial charge in [0.25, 0.3) is 0 Å². The van der Waals surface area contributed by atoms with Crippen molar-refractivity contribution in [2.45, 2.75) is 31.7 Å². The van der Waals surface area contributed by atoms with Gasteiger partial charge >= 0.3 is 0 Å². The van der Waals surface area contributed by atoms with Crippen LogP contribution < -0.4 is 10.2 Å². The van der Waals surface area contributed by atoms with Crippen molar-refractivity contribution in [3.8, 4) is 0 Å². The van der Waals surface area contributed by atoms with Crippen molar-refractivity contribution >= 4 is 18.2 Å². The Kier molecular flexibility index (Phi) is 6.86. The molecule has 0 aliphatic carbocycles. The molecule has 1 aromatic heterocycles. The number of nitrogens with one attached hydrogen (secondary N) is 1. The van der Waals surface area contributed by atoms with Crippen LogP contribution in [-0.2, 0) is 0 Å². The Hall–Kier alpha value is -0.910. The van der Waals surface area contributed by atoms with Crippen LogP contribution in [-0.4, -0.2) is 60.9 Å². The van der Waals surface area contributed by atoms with Crippen molar-refractivity contribution < 1.29 is 0 Å². The summed E-state index contributed by atoms with van der Waals surface area (Å²) in [6, 6.07) is 4.75. The summed E-state index contributed by atoms with van der Waals surface area (Å²) in [7, 11) is 2.30. The summed E-state index contributed by atoms with van der Waals surface area (Å²) in [6.07, 6.45) is 6.92. The summed E-state index contributed by atoms with van der Waals surface area (Å²) in [5.41, 5.74) is 0. The number of piperidine rings is 2. The summed E-state index contributed by atoms with van der Waals surface area (Å²) < 4.78 is 0. The van der Waals surface area contributed by atoms with E-state index in [0.29, 0.717) is 0 Å². The Morgan fingerprint density at radius 2 is 2.14 bits per heavy atom. The van der Waals surface area contributed by atoms with Crippen molar-refractivity contribution in [3.05, 3.63) is 18.3 Å². The molecule has 0 bridgehead atoms. The van der Waals surface area contributed by atoms with Gasteiger partial charge in [0.2, 0.25) is 0 Å². The minimum Gasteiger partial charge on any atom is -0.355 e. The van der Waals surface area contributed by atoms with Gasteiger partial charge in [-0.25, -0.2) is 0 Å². The van der Waals surface area contributed by atoms with E-state index in [0.717, 1.165) is 30.9 Å². The average Bonchev–Trinajstić information content (AvgIpc) is 2.57. The number of anilines is 1. The third-order valence-corrected chi connectivity index (χ3v) is 4.92. The molecule has 22 heavy (non-hydrogen) atoms. The van der Waals surface area contributed by atoms with Gasteiger partial charge in [-0.3, -0.25) is 0 Å². The lowest BCUT2D eigenvalue weighted by atomic mass is 9.97. The number of halogens is 1. The number of hydrogen-bond acceptors (Lipinski definition) is 5. The van der Waals surface area contributed by atoms with E-state index < -0.39 is 0 Å². The van der Waals surface area contributed by atoms with Crippen LogP contribution in [0.5, 0.6) is 0 Å². The number of aromatic nitrogens is 2. The molecule has 3 rings (SSSR count). The average molecular weight is 326 g/mol. The summed E-state index contributed by atoms with van der Waals surface area (Å²) in [4.78, 5) is 4.95. The van der Waals surface area contributed by atoms with Gasteiger partial charge in [0.05, 0.1) is 0 Å². The molecule has 124 valence electrons. The van der Waals surface area contributed by atoms with E-state index in [1.54, 1.807) is 6.20 Å². The molecule has 1 aromatic rings. The highest BCUT2D eigenvalue weighted by atomic mass is 35.5. The van der Waals surface area contributed by atoms with E-state index in [2.05, 4.69) is 38.4 Å². The summed E-state index contributed by atoms with van der Waals surface area (Å²) in [5, 5.41) is 11.7. The Morgan fingerprint density at radius 1 is 1.32 bits per heavy atom. The lowest BCUT2D eigenvalue weighted by Crippen LogP contribution is -2.46. The molecule has 6 heteroatoms. The quantitative estimate of drug-likeness (QED) is 0.914. The first-order chi connectivity index (χ1) is 10.3. The van der Waals surface area contributed by atoms with Gasteiger partial charge < -0.3 is 15.1 Å². The zero-order valence-corrected chi connectivity index (χ0v) is 14.3. The maximum Gasteiger partial charge on any atom is 0.151 e. The van der Waals surface area contributed by atoms with Crippen LogP contribution >= 0.6 is 12.4 Å². The predicted molar refractivity (Wildman–Crippen MR) is 92.7 cm³/mol. The van der Waals surface area contributed by atoms with E-state index in [1.807, 2.05) is 6.07 Å². The van der Waals surface area contributed by atoms with E-state index in [9.17, 15) is 0 Å². The monoisotopic (exact) mass is 325 g/mol. The molecule has 3 heterocycles. The maximum atomic E-state index is 4.22. The Bertz CT molecular complexity index is 416. The van der Waals surface area contributed by atoms with Gasteiger partial charge in [-0.05, 0) is 63.9 Å². The number of nitrogens with zero attached hydrogens (tertiary/aromatic N) is 4. The normalized spacial score (nSPS) is 23.4. The van der Waals surface area contributed by atoms with Crippen molar-refractivity contribution in [2.75, 3.05) is 44.7 Å². The molecule has 5 nitrogen and oxygen atoms in total. The Balaban J connectivity index is 0.00000176. The fourth-order valence-electron chi connectivity index (χ4n) is 3.63. The zero-order valence-electron chi connectivity index (χ0n) is 13.4. The molecule has 2 aliphatic heterocycles. The van der Waals surface area contributed by atoms with Crippen molar-refractivity contribution in [3.63, 3.8) is 0 Å². The fraction of sp³-hybridized carbons (Fsp3) is 0.750. The van der Waals surface area contributed by atoms with Gasteiger partial charge in [-0.2, -0.15) is 5.10 Å². The second-order valence-corrected chi connectivity index (χ2v) is 6.45. The second kappa shape index (κ2) is 8.65. The van der Waals surface area contributed by atoms with Crippen LogP contribution in [0, 0.1) is 5.92 Å². The first-order valence-corrected chi connectivity index (χ1v) is 8.26. The van der Waals surface area contributed by atoms with E-state index in [1.165, 1.54) is 45.3 Å². The minimum atomic E-state index is 0. The molecule has 1 N–H and O–H groups in total. The van der Waals surface area contributed by atoms with Crippen LogP contribution in [0.2, 0.25) is 0 Å². The largest absolute Gasteiger partial charge is 0.355 e. The molecule has 2 fully saturated rings. The molecule has 2 saturated heterocycles. The smallest absolute Gasteiger partial charge is 0.151 e. The van der Waals surface area contributed by atoms with E-state index >= 15 is 0 Å². The molecule has 0 spiro atoms. The lowest BCUT2D eigenvalue weighted by Gasteiger charge is -2.39. The predicted octanol–water partition coefficient (Wildman–Crippen LogP) is 1.80. The Labute approximate surface area is 139 Å². The second-order valence-electron chi connectivity index (χ2n) is 6.45. The van der Waals surface area contributed by atoms with Crippen LogP contribution in [0.4, 0.5) is 5.82 Å². The minimum absolute atomic E-state index is 0. The molecule has 0 amide bonds. The molecular weight excluding hydrogens is 298 g/mol. The molecule has 0 radical (unpaired) electrons. The zero-order chi connectivity index (χ0) is 14.5. The van der Waals surface area contributed by atoms with Gasteiger partial charge in [-0.1, -0.05) is 0 Å². The molecule has 1 unspecified atom stereocenters. The van der Waals surface area contributed by atoms with Crippen LogP contribution in [0.1, 0.15) is 25.7 Å². The van der Waals surface area contributed by atoms with Crippen LogP contribution in [0.25, 0.3) is 0 Å². The van der Waals surface area contributed by atoms with Crippen molar-refractivity contribution in [2.24, 2.45) is 5.92 Å². The number of hydrogen-bond donors (Lipinski definition) is 1. The Morgan fingerprint density at radius 3 is 2.77 bits per heavy atom. The molecular formula is C16H28ClN5. The van der Waals surface area contributed by atoms with E-state index in [4.69, 9.17) is 0 Å². The van der Waals surface area contributed by atoms with Gasteiger partial charge in [0.1, 0.15) is 0 Å². The first-order valence-electron chi connectivity index (χ1n) is 8.26. The SMILES string of the molecule is CN(CC1CCCNC1)C1CCN(c2cccnn2)CC1.Cl. The summed E-state index contributed by atoms with van der Waals surface area (Å²) in [5.74, 6) is 1.86. The highest BCUT2D eigenvalue weighted by molar-refractivity contribution is 5.85. The van der Waals surface area contributed by atoms with Crippen LogP contribution in [0.15, 0.2) is 18.3 Å².